The molecule has 1 N–H and O–H groups in total. The summed E-state index contributed by atoms with van der Waals surface area (Å²) in [6.07, 6.45) is 1.76. The smallest absolute Gasteiger partial charge is 0.256 e. The number of rotatable bonds is 2. The van der Waals surface area contributed by atoms with Crippen LogP contribution in [-0.4, -0.2) is 15.7 Å². The molecule has 130 valence electrons. The molecule has 0 saturated heterocycles. The molecule has 0 spiro atoms. The van der Waals surface area contributed by atoms with Crippen molar-refractivity contribution in [2.45, 2.75) is 6.92 Å². The Kier molecular flexibility index (Phi) is 4.27. The van der Waals surface area contributed by atoms with E-state index < -0.39 is 0 Å². The Balaban J connectivity index is 1.82. The van der Waals surface area contributed by atoms with Crippen molar-refractivity contribution in [3.63, 3.8) is 0 Å². The standard InChI is InChI=1S/C19H12Cl3N3O/c1-10-15(18(22)25(24-10)13-5-2-11(20)3-6-13)9-16-14-7-4-12(21)8-17(14)23-19(16)26/h2-9H,1H3,(H,23,26)/b16-9+. The number of hydrogen-bond acceptors (Lipinski definition) is 2. The number of aryl methyl sites for hydroxylation is 1. The number of hydrogen-bond donors (Lipinski definition) is 1. The van der Waals surface area contributed by atoms with Crippen LogP contribution >= 0.6 is 34.8 Å². The number of carbonyl (C=O) groups is 1. The van der Waals surface area contributed by atoms with Crippen LogP contribution in [-0.2, 0) is 4.79 Å². The lowest BCUT2D eigenvalue weighted by atomic mass is 10.0. The predicted octanol–water partition coefficient (Wildman–Crippen LogP) is 5.63. The molecule has 0 unspecified atom stereocenters. The summed E-state index contributed by atoms with van der Waals surface area (Å²) in [4.78, 5) is 12.4. The van der Waals surface area contributed by atoms with Crippen LogP contribution in [0.4, 0.5) is 5.69 Å². The lowest BCUT2D eigenvalue weighted by Crippen LogP contribution is -2.03. The van der Waals surface area contributed by atoms with Crippen molar-refractivity contribution in [3.05, 3.63) is 74.5 Å². The van der Waals surface area contributed by atoms with E-state index in [9.17, 15) is 4.79 Å². The molecule has 1 aromatic heterocycles. The molecule has 7 heteroatoms. The van der Waals surface area contributed by atoms with E-state index in [0.29, 0.717) is 37.7 Å². The second kappa shape index (κ2) is 6.47. The molecule has 2 aromatic carbocycles. The molecule has 0 bridgehead atoms. The second-order valence-corrected chi connectivity index (χ2v) is 7.11. The monoisotopic (exact) mass is 403 g/mol. The predicted molar refractivity (Wildman–Crippen MR) is 106 cm³/mol. The topological polar surface area (TPSA) is 46.9 Å². The Morgan fingerprint density at radius 1 is 1.04 bits per heavy atom. The van der Waals surface area contributed by atoms with Crippen LogP contribution in [0.2, 0.25) is 15.2 Å². The van der Waals surface area contributed by atoms with Crippen molar-refractivity contribution >= 4 is 58.0 Å². The Bertz CT molecular complexity index is 1070. The highest BCUT2D eigenvalue weighted by molar-refractivity contribution is 6.38. The molecule has 1 aliphatic rings. The number of halogens is 3. The molecule has 3 aromatic rings. The molecule has 0 atom stereocenters. The summed E-state index contributed by atoms with van der Waals surface area (Å²) in [5.74, 6) is -0.197. The molecule has 0 fully saturated rings. The lowest BCUT2D eigenvalue weighted by molar-refractivity contribution is -0.110. The number of nitrogens with one attached hydrogen (secondary N) is 1. The van der Waals surface area contributed by atoms with Gasteiger partial charge in [-0.25, -0.2) is 4.68 Å². The first-order chi connectivity index (χ1) is 12.4. The van der Waals surface area contributed by atoms with E-state index in [4.69, 9.17) is 34.8 Å². The minimum absolute atomic E-state index is 0.197. The Hall–Kier alpha value is -2.27. The van der Waals surface area contributed by atoms with Crippen LogP contribution in [0.5, 0.6) is 0 Å². The van der Waals surface area contributed by atoms with Crippen molar-refractivity contribution in [3.8, 4) is 5.69 Å². The molecule has 4 rings (SSSR count). The maximum atomic E-state index is 12.4. The minimum Gasteiger partial charge on any atom is -0.321 e. The SMILES string of the molecule is Cc1nn(-c2ccc(Cl)cc2)c(Cl)c1/C=C1/C(=O)Nc2cc(Cl)ccc21. The Morgan fingerprint density at radius 3 is 2.46 bits per heavy atom. The molecule has 1 amide bonds. The zero-order valence-electron chi connectivity index (χ0n) is 13.6. The maximum absolute atomic E-state index is 12.4. The van der Waals surface area contributed by atoms with Crippen LogP contribution in [0.25, 0.3) is 17.3 Å². The van der Waals surface area contributed by atoms with E-state index in [2.05, 4.69) is 10.4 Å². The minimum atomic E-state index is -0.197. The number of anilines is 1. The second-order valence-electron chi connectivity index (χ2n) is 5.88. The number of benzene rings is 2. The van der Waals surface area contributed by atoms with Gasteiger partial charge in [-0.3, -0.25) is 4.79 Å². The summed E-state index contributed by atoms with van der Waals surface area (Å²) in [5.41, 5.74) is 4.19. The van der Waals surface area contributed by atoms with E-state index in [1.807, 2.05) is 25.1 Å². The van der Waals surface area contributed by atoms with Crippen molar-refractivity contribution in [2.24, 2.45) is 0 Å². The Labute approximate surface area is 165 Å². The van der Waals surface area contributed by atoms with Gasteiger partial charge >= 0.3 is 0 Å². The highest BCUT2D eigenvalue weighted by Gasteiger charge is 2.25. The molecular formula is C19H12Cl3N3O. The van der Waals surface area contributed by atoms with Gasteiger partial charge in [0.2, 0.25) is 0 Å². The third-order valence-electron chi connectivity index (χ3n) is 4.17. The van der Waals surface area contributed by atoms with Crippen LogP contribution in [0.1, 0.15) is 16.8 Å². The summed E-state index contributed by atoms with van der Waals surface area (Å²) in [6, 6.07) is 12.5. The third kappa shape index (κ3) is 2.90. The summed E-state index contributed by atoms with van der Waals surface area (Å²) in [7, 11) is 0. The number of aromatic nitrogens is 2. The fourth-order valence-corrected chi connectivity index (χ4v) is 3.51. The first-order valence-corrected chi connectivity index (χ1v) is 8.91. The van der Waals surface area contributed by atoms with Crippen molar-refractivity contribution in [1.82, 2.24) is 9.78 Å². The highest BCUT2D eigenvalue weighted by Crippen LogP contribution is 2.36. The van der Waals surface area contributed by atoms with Gasteiger partial charge in [0.15, 0.2) is 0 Å². The average Bonchev–Trinajstić information content (AvgIpc) is 3.06. The van der Waals surface area contributed by atoms with Gasteiger partial charge in [-0.2, -0.15) is 5.10 Å². The third-order valence-corrected chi connectivity index (χ3v) is 5.02. The van der Waals surface area contributed by atoms with Crippen LogP contribution in [0.15, 0.2) is 42.5 Å². The molecule has 4 nitrogen and oxygen atoms in total. The first kappa shape index (κ1) is 17.2. The number of nitrogens with zero attached hydrogens (tertiary/aromatic N) is 2. The fraction of sp³-hybridized carbons (Fsp3) is 0.0526. The van der Waals surface area contributed by atoms with E-state index in [0.717, 1.165) is 11.3 Å². The summed E-state index contributed by atoms with van der Waals surface area (Å²) >= 11 is 18.5. The molecule has 0 aliphatic carbocycles. The van der Waals surface area contributed by atoms with Gasteiger partial charge in [0.25, 0.3) is 5.91 Å². The van der Waals surface area contributed by atoms with Crippen LogP contribution in [0, 0.1) is 6.92 Å². The van der Waals surface area contributed by atoms with Gasteiger partial charge in [0.1, 0.15) is 5.15 Å². The molecule has 0 saturated carbocycles. The van der Waals surface area contributed by atoms with Crippen LogP contribution < -0.4 is 5.32 Å². The van der Waals surface area contributed by atoms with Crippen molar-refractivity contribution in [1.29, 1.82) is 0 Å². The first-order valence-electron chi connectivity index (χ1n) is 7.78. The summed E-state index contributed by atoms with van der Waals surface area (Å²) < 4.78 is 1.62. The van der Waals surface area contributed by atoms with Crippen molar-refractivity contribution < 1.29 is 4.79 Å². The van der Waals surface area contributed by atoms with Gasteiger partial charge in [-0.05, 0) is 49.4 Å². The molecule has 26 heavy (non-hydrogen) atoms. The largest absolute Gasteiger partial charge is 0.321 e. The van der Waals surface area contributed by atoms with E-state index in [-0.39, 0.29) is 5.91 Å². The van der Waals surface area contributed by atoms with Crippen molar-refractivity contribution in [2.75, 3.05) is 5.32 Å². The zero-order valence-corrected chi connectivity index (χ0v) is 15.8. The van der Waals surface area contributed by atoms with E-state index >= 15 is 0 Å². The quantitative estimate of drug-likeness (QED) is 0.562. The molecule has 1 aliphatic heterocycles. The van der Waals surface area contributed by atoms with Gasteiger partial charge < -0.3 is 5.32 Å². The molecule has 2 heterocycles. The zero-order chi connectivity index (χ0) is 18.4. The number of fused-ring (bicyclic) bond motifs is 1. The maximum Gasteiger partial charge on any atom is 0.256 e. The molecule has 0 radical (unpaired) electrons. The van der Waals surface area contributed by atoms with Gasteiger partial charge in [-0.1, -0.05) is 40.9 Å². The Morgan fingerprint density at radius 2 is 1.73 bits per heavy atom. The average molecular weight is 405 g/mol. The molecular weight excluding hydrogens is 393 g/mol. The lowest BCUT2D eigenvalue weighted by Gasteiger charge is -2.03. The van der Waals surface area contributed by atoms with Gasteiger partial charge in [0, 0.05) is 26.7 Å². The van der Waals surface area contributed by atoms with Crippen LogP contribution in [0.3, 0.4) is 0 Å². The van der Waals surface area contributed by atoms with E-state index in [1.54, 1.807) is 35.0 Å². The van der Waals surface area contributed by atoms with E-state index in [1.165, 1.54) is 0 Å². The summed E-state index contributed by atoms with van der Waals surface area (Å²) in [5, 5.41) is 8.93. The van der Waals surface area contributed by atoms with Gasteiger partial charge in [-0.15, -0.1) is 0 Å². The number of amides is 1. The number of carbonyl (C=O) groups excluding carboxylic acids is 1. The highest BCUT2D eigenvalue weighted by atomic mass is 35.5. The normalized spacial score (nSPS) is 14.6. The summed E-state index contributed by atoms with van der Waals surface area (Å²) in [6.45, 7) is 1.85. The van der Waals surface area contributed by atoms with Gasteiger partial charge in [0.05, 0.1) is 17.1 Å². The fourth-order valence-electron chi connectivity index (χ4n) is 2.88.